The topological polar surface area (TPSA) is 180 Å². The standard InChI is InChI=1S/C36H42N2O9/c1-34-13-11-22(39)16-21(34)7-8-24-25-12-14-36(46,35(25,2)17-28(40)32(24)34)29(41)19-47-31(43)10-9-30(42)38-27(33(44)45)15-20-18-37-26-6-4-3-5-23(20)26/h3-6,16,18,24-25,27,32,37,46H,7-15,17,19H2,1-2H3,(H,38,42)(H,44,45)/t24-,25+,27-,32+,34+,35+,36+/m1/s1. The summed E-state index contributed by atoms with van der Waals surface area (Å²) in [6.45, 7) is 3.20. The molecule has 1 heterocycles. The quantitative estimate of drug-likeness (QED) is 0.281. The van der Waals surface area contributed by atoms with Gasteiger partial charge in [-0.2, -0.15) is 0 Å². The Morgan fingerprint density at radius 2 is 1.83 bits per heavy atom. The molecular formula is C36H42N2O9. The lowest BCUT2D eigenvalue weighted by molar-refractivity contribution is -0.173. The third kappa shape index (κ3) is 5.62. The van der Waals surface area contributed by atoms with E-state index in [1.807, 2.05) is 24.3 Å². The minimum atomic E-state index is -1.84. The number of Topliss-reactive ketones (excluding diaryl/α,β-unsaturated/α-hetero) is 2. The van der Waals surface area contributed by atoms with Crippen LogP contribution < -0.4 is 5.32 Å². The van der Waals surface area contributed by atoms with E-state index in [9.17, 15) is 39.0 Å². The van der Waals surface area contributed by atoms with E-state index in [1.54, 1.807) is 19.2 Å². The summed E-state index contributed by atoms with van der Waals surface area (Å²) in [7, 11) is 0. The summed E-state index contributed by atoms with van der Waals surface area (Å²) < 4.78 is 5.20. The van der Waals surface area contributed by atoms with E-state index in [1.165, 1.54) is 0 Å². The van der Waals surface area contributed by atoms with Crippen LogP contribution in [0.15, 0.2) is 42.1 Å². The number of nitrogens with one attached hydrogen (secondary N) is 2. The smallest absolute Gasteiger partial charge is 0.326 e. The Labute approximate surface area is 272 Å². The molecule has 1 aromatic carbocycles. The average Bonchev–Trinajstić information content (AvgIpc) is 3.56. The van der Waals surface area contributed by atoms with Crippen molar-refractivity contribution in [2.45, 2.75) is 89.7 Å². The van der Waals surface area contributed by atoms with Gasteiger partial charge in [-0.25, -0.2) is 4.79 Å². The van der Waals surface area contributed by atoms with Gasteiger partial charge in [-0.3, -0.25) is 24.0 Å². The zero-order valence-electron chi connectivity index (χ0n) is 26.8. The van der Waals surface area contributed by atoms with Crippen molar-refractivity contribution in [3.8, 4) is 0 Å². The summed E-state index contributed by atoms with van der Waals surface area (Å²) >= 11 is 0. The number of ketones is 3. The van der Waals surface area contributed by atoms with Crippen LogP contribution in [-0.4, -0.2) is 68.6 Å². The number of carbonyl (C=O) groups is 6. The first-order chi connectivity index (χ1) is 22.3. The van der Waals surface area contributed by atoms with Gasteiger partial charge in [0.05, 0.1) is 6.42 Å². The number of rotatable bonds is 10. The molecule has 0 bridgehead atoms. The molecule has 1 aromatic heterocycles. The number of amides is 1. The van der Waals surface area contributed by atoms with Crippen LogP contribution in [-0.2, 0) is 39.9 Å². The molecule has 11 nitrogen and oxygen atoms in total. The van der Waals surface area contributed by atoms with Gasteiger partial charge in [0.2, 0.25) is 11.7 Å². The number of benzene rings is 1. The number of aromatic amines is 1. The molecule has 7 atom stereocenters. The van der Waals surface area contributed by atoms with Crippen molar-refractivity contribution in [1.82, 2.24) is 10.3 Å². The number of aromatic nitrogens is 1. The van der Waals surface area contributed by atoms with Crippen LogP contribution in [0.4, 0.5) is 0 Å². The summed E-state index contributed by atoms with van der Waals surface area (Å²) in [4.78, 5) is 79.5. The van der Waals surface area contributed by atoms with Crippen LogP contribution in [0.25, 0.3) is 10.9 Å². The summed E-state index contributed by atoms with van der Waals surface area (Å²) in [6.07, 6.45) is 6.00. The maximum atomic E-state index is 13.8. The summed E-state index contributed by atoms with van der Waals surface area (Å²) in [5.74, 6) is -3.57. The second kappa shape index (κ2) is 12.2. The molecule has 3 fully saturated rings. The molecule has 11 heteroatoms. The number of hydrogen-bond donors (Lipinski definition) is 4. The number of allylic oxidation sites excluding steroid dienone is 1. The number of para-hydroxylation sites is 1. The van der Waals surface area contributed by atoms with Gasteiger partial charge in [-0.1, -0.05) is 37.6 Å². The molecule has 6 rings (SSSR count). The normalized spacial score (nSPS) is 32.1. The van der Waals surface area contributed by atoms with Crippen molar-refractivity contribution in [3.63, 3.8) is 0 Å². The van der Waals surface area contributed by atoms with Crippen LogP contribution in [0.2, 0.25) is 0 Å². The zero-order valence-corrected chi connectivity index (χ0v) is 26.8. The van der Waals surface area contributed by atoms with E-state index in [0.717, 1.165) is 34.9 Å². The highest BCUT2D eigenvalue weighted by Gasteiger charge is 2.68. The monoisotopic (exact) mass is 646 g/mol. The van der Waals surface area contributed by atoms with E-state index in [0.29, 0.717) is 19.3 Å². The molecule has 47 heavy (non-hydrogen) atoms. The lowest BCUT2D eigenvalue weighted by atomic mass is 9.46. The third-order valence-electron chi connectivity index (χ3n) is 11.9. The Hall–Kier alpha value is -4.12. The van der Waals surface area contributed by atoms with Crippen LogP contribution in [0.1, 0.15) is 77.2 Å². The minimum Gasteiger partial charge on any atom is -0.480 e. The van der Waals surface area contributed by atoms with E-state index in [-0.39, 0.29) is 66.8 Å². The van der Waals surface area contributed by atoms with Gasteiger partial charge >= 0.3 is 11.9 Å². The Balaban J connectivity index is 1.03. The number of aliphatic hydroxyl groups is 1. The maximum absolute atomic E-state index is 13.8. The number of carbonyl (C=O) groups excluding carboxylic acids is 5. The van der Waals surface area contributed by atoms with Crippen LogP contribution in [0, 0.1) is 28.6 Å². The Kier molecular flexibility index (Phi) is 8.48. The first-order valence-electron chi connectivity index (χ1n) is 16.5. The van der Waals surface area contributed by atoms with Crippen LogP contribution in [0.5, 0.6) is 0 Å². The molecule has 4 aliphatic carbocycles. The summed E-state index contributed by atoms with van der Waals surface area (Å²) in [5.41, 5.74) is -0.613. The molecule has 2 aromatic rings. The van der Waals surface area contributed by atoms with Gasteiger partial charge in [0, 0.05) is 54.1 Å². The van der Waals surface area contributed by atoms with Gasteiger partial charge in [0.1, 0.15) is 17.4 Å². The van der Waals surface area contributed by atoms with Crippen LogP contribution in [0.3, 0.4) is 0 Å². The molecular weight excluding hydrogens is 604 g/mol. The fourth-order valence-corrected chi connectivity index (χ4v) is 9.39. The highest BCUT2D eigenvalue weighted by Crippen LogP contribution is 2.66. The largest absolute Gasteiger partial charge is 0.480 e. The number of carboxylic acids is 1. The van der Waals surface area contributed by atoms with E-state index >= 15 is 0 Å². The highest BCUT2D eigenvalue weighted by molar-refractivity contribution is 5.95. The number of aliphatic carboxylic acids is 1. The van der Waals surface area contributed by atoms with Crippen molar-refractivity contribution in [2.24, 2.45) is 28.6 Å². The molecule has 0 spiro atoms. The fourth-order valence-electron chi connectivity index (χ4n) is 9.39. The number of esters is 1. The van der Waals surface area contributed by atoms with Gasteiger partial charge in [0.25, 0.3) is 0 Å². The van der Waals surface area contributed by atoms with Gasteiger partial charge in [-0.15, -0.1) is 0 Å². The van der Waals surface area contributed by atoms with E-state index < -0.39 is 47.3 Å². The third-order valence-corrected chi connectivity index (χ3v) is 11.9. The molecule has 3 saturated carbocycles. The molecule has 0 radical (unpaired) electrons. The predicted molar refractivity (Wildman–Crippen MR) is 169 cm³/mol. The second-order valence-electron chi connectivity index (χ2n) is 14.4. The van der Waals surface area contributed by atoms with Crippen molar-refractivity contribution in [1.29, 1.82) is 0 Å². The van der Waals surface area contributed by atoms with E-state index in [2.05, 4.69) is 17.2 Å². The van der Waals surface area contributed by atoms with Crippen molar-refractivity contribution >= 4 is 46.1 Å². The molecule has 250 valence electrons. The Bertz CT molecular complexity index is 1690. The number of hydrogen-bond acceptors (Lipinski definition) is 8. The average molecular weight is 647 g/mol. The molecule has 0 aliphatic heterocycles. The Morgan fingerprint density at radius 1 is 1.06 bits per heavy atom. The van der Waals surface area contributed by atoms with Crippen LogP contribution >= 0.6 is 0 Å². The van der Waals surface area contributed by atoms with Gasteiger partial charge in [-0.05, 0) is 67.1 Å². The van der Waals surface area contributed by atoms with Crippen molar-refractivity contribution in [2.75, 3.05) is 6.61 Å². The summed E-state index contributed by atoms with van der Waals surface area (Å²) in [5, 5.41) is 24.8. The molecule has 4 aliphatic rings. The second-order valence-corrected chi connectivity index (χ2v) is 14.4. The zero-order chi connectivity index (χ0) is 33.7. The number of ether oxygens (including phenoxy) is 1. The van der Waals surface area contributed by atoms with Crippen molar-refractivity contribution in [3.05, 3.63) is 47.7 Å². The fraction of sp³-hybridized carbons (Fsp3) is 0.556. The number of H-pyrrole nitrogens is 1. The highest BCUT2D eigenvalue weighted by atomic mass is 16.5. The van der Waals surface area contributed by atoms with E-state index in [4.69, 9.17) is 4.74 Å². The number of fused-ring (bicyclic) bond motifs is 6. The SMILES string of the molecule is C[C@]12CCC(=O)C=C1CC[C@H]1[C@H]2C(=O)C[C@@]2(C)[C@H]1CC[C@]2(O)C(=O)COC(=O)CCC(=O)N[C@H](Cc1c[nH]c2ccccc12)C(=O)O. The first kappa shape index (κ1) is 32.8. The predicted octanol–water partition coefficient (Wildman–Crippen LogP) is 3.61. The molecule has 0 saturated heterocycles. The Morgan fingerprint density at radius 3 is 2.60 bits per heavy atom. The maximum Gasteiger partial charge on any atom is 0.326 e. The molecule has 0 unspecified atom stereocenters. The van der Waals surface area contributed by atoms with Crippen molar-refractivity contribution < 1.29 is 43.7 Å². The molecule has 4 N–H and O–H groups in total. The minimum absolute atomic E-state index is 0.00918. The van der Waals surface area contributed by atoms with Gasteiger partial charge in [0.15, 0.2) is 12.4 Å². The lowest BCUT2D eigenvalue weighted by Gasteiger charge is -2.57. The van der Waals surface area contributed by atoms with Gasteiger partial charge < -0.3 is 25.3 Å². The number of carboxylic acid groups (broad SMARTS) is 1. The molecule has 1 amide bonds. The first-order valence-corrected chi connectivity index (χ1v) is 16.5. The lowest BCUT2D eigenvalue weighted by Crippen LogP contribution is -2.61. The summed E-state index contributed by atoms with van der Waals surface area (Å²) in [6, 6.07) is 6.20.